The van der Waals surface area contributed by atoms with E-state index in [1.165, 1.54) is 24.6 Å². The van der Waals surface area contributed by atoms with Crippen LogP contribution in [0.25, 0.3) is 0 Å². The van der Waals surface area contributed by atoms with Crippen molar-refractivity contribution in [3.05, 3.63) is 35.6 Å². The van der Waals surface area contributed by atoms with Crippen LogP contribution in [0.5, 0.6) is 0 Å². The van der Waals surface area contributed by atoms with Crippen LogP contribution in [0, 0.1) is 39.4 Å². The Balaban J connectivity index is 1.74. The van der Waals surface area contributed by atoms with Gasteiger partial charge in [-0.1, -0.05) is 52.3 Å². The molecule has 4 rings (SSSR count). The number of hydrogen-bond donors (Lipinski definition) is 4. The van der Waals surface area contributed by atoms with Gasteiger partial charge in [0.15, 0.2) is 5.78 Å². The van der Waals surface area contributed by atoms with Gasteiger partial charge in [0, 0.05) is 17.8 Å². The molecule has 0 bridgehead atoms. The maximum absolute atomic E-state index is 13.2. The Morgan fingerprint density at radius 3 is 2.29 bits per heavy atom. The summed E-state index contributed by atoms with van der Waals surface area (Å²) < 4.78 is 0. The third kappa shape index (κ3) is 3.79. The van der Waals surface area contributed by atoms with E-state index in [2.05, 4.69) is 40.7 Å². The molecule has 5 nitrogen and oxygen atoms in total. The SMILES string of the molecule is CC(C)(O)/C=C/C(=O)[C@](C)(O)[C@H]1[C@H](O)C[C@@]2(C)[C@H]3CC=C4[C@H](CC(O)=CC4(C)C)[C@]3(C)CC[C@]12C. The molecule has 0 aromatic carbocycles. The van der Waals surface area contributed by atoms with Gasteiger partial charge in [0.2, 0.25) is 0 Å². The molecule has 2 saturated carbocycles. The first-order valence-electron chi connectivity index (χ1n) is 13.3. The summed E-state index contributed by atoms with van der Waals surface area (Å²) in [6, 6.07) is 0. The molecule has 0 unspecified atom stereocenters. The average Bonchev–Trinajstić information content (AvgIpc) is 2.91. The number of aliphatic hydroxyl groups excluding tert-OH is 2. The van der Waals surface area contributed by atoms with E-state index >= 15 is 0 Å². The van der Waals surface area contributed by atoms with E-state index in [9.17, 15) is 25.2 Å². The smallest absolute Gasteiger partial charge is 0.187 e. The highest BCUT2D eigenvalue weighted by molar-refractivity contribution is 5.97. The molecule has 4 aliphatic rings. The first-order chi connectivity index (χ1) is 15.8. The van der Waals surface area contributed by atoms with E-state index in [1.54, 1.807) is 13.8 Å². The minimum absolute atomic E-state index is 0.0385. The molecule has 0 heterocycles. The molecular formula is C30H46O5. The summed E-state index contributed by atoms with van der Waals surface area (Å²) >= 11 is 0. The van der Waals surface area contributed by atoms with Crippen LogP contribution in [-0.2, 0) is 4.79 Å². The Bertz CT molecular complexity index is 995. The lowest BCUT2D eigenvalue weighted by Gasteiger charge is -2.65. The molecule has 196 valence electrons. The molecule has 4 aliphatic carbocycles. The van der Waals surface area contributed by atoms with Crippen LogP contribution in [0.15, 0.2) is 35.6 Å². The van der Waals surface area contributed by atoms with Gasteiger partial charge in [-0.05, 0) is 86.7 Å². The van der Waals surface area contributed by atoms with Crippen LogP contribution in [0.3, 0.4) is 0 Å². The highest BCUT2D eigenvalue weighted by Crippen LogP contribution is 2.75. The first-order valence-corrected chi connectivity index (χ1v) is 13.3. The summed E-state index contributed by atoms with van der Waals surface area (Å²) in [5.41, 5.74) is -2.43. The van der Waals surface area contributed by atoms with Crippen molar-refractivity contribution < 1.29 is 25.2 Å². The Morgan fingerprint density at radius 1 is 1.06 bits per heavy atom. The Kier molecular flexibility index (Phi) is 5.92. The highest BCUT2D eigenvalue weighted by Gasteiger charge is 2.71. The number of allylic oxidation sites excluding steroid dienone is 4. The van der Waals surface area contributed by atoms with Crippen molar-refractivity contribution in [2.75, 3.05) is 0 Å². The molecule has 35 heavy (non-hydrogen) atoms. The second-order valence-corrected chi connectivity index (χ2v) is 14.2. The molecular weight excluding hydrogens is 440 g/mol. The number of fused-ring (bicyclic) bond motifs is 5. The lowest BCUT2D eigenvalue weighted by Crippen LogP contribution is -2.60. The van der Waals surface area contributed by atoms with E-state index in [-0.39, 0.29) is 28.1 Å². The molecule has 0 amide bonds. The van der Waals surface area contributed by atoms with Crippen LogP contribution in [-0.4, -0.2) is 43.5 Å². The molecule has 2 fully saturated rings. The summed E-state index contributed by atoms with van der Waals surface area (Å²) in [7, 11) is 0. The van der Waals surface area contributed by atoms with Crippen molar-refractivity contribution in [3.8, 4) is 0 Å². The average molecular weight is 487 g/mol. The van der Waals surface area contributed by atoms with E-state index in [0.717, 1.165) is 19.3 Å². The monoisotopic (exact) mass is 486 g/mol. The Hall–Kier alpha value is -1.43. The van der Waals surface area contributed by atoms with Crippen LogP contribution in [0.1, 0.15) is 87.5 Å². The fourth-order valence-corrected chi connectivity index (χ4v) is 9.09. The number of aliphatic hydroxyl groups is 4. The van der Waals surface area contributed by atoms with Gasteiger partial charge in [0.05, 0.1) is 17.5 Å². The van der Waals surface area contributed by atoms with Crippen LogP contribution >= 0.6 is 0 Å². The topological polar surface area (TPSA) is 98.0 Å². The molecule has 0 aromatic rings. The summed E-state index contributed by atoms with van der Waals surface area (Å²) in [6.07, 6.45) is 10.1. The van der Waals surface area contributed by atoms with Crippen molar-refractivity contribution in [2.45, 2.75) is 105 Å². The summed E-state index contributed by atoms with van der Waals surface area (Å²) in [5, 5.41) is 43.8. The number of carbonyl (C=O) groups is 1. The minimum Gasteiger partial charge on any atom is -0.513 e. The van der Waals surface area contributed by atoms with Gasteiger partial charge in [-0.15, -0.1) is 0 Å². The summed E-state index contributed by atoms with van der Waals surface area (Å²) in [5.74, 6) is -0.103. The second kappa shape index (κ2) is 7.79. The van der Waals surface area contributed by atoms with Gasteiger partial charge in [0.25, 0.3) is 0 Å². The van der Waals surface area contributed by atoms with Crippen LogP contribution < -0.4 is 0 Å². The van der Waals surface area contributed by atoms with Gasteiger partial charge >= 0.3 is 0 Å². The van der Waals surface area contributed by atoms with E-state index in [0.29, 0.717) is 18.6 Å². The zero-order chi connectivity index (χ0) is 26.4. The fourth-order valence-electron chi connectivity index (χ4n) is 9.09. The lowest BCUT2D eigenvalue weighted by atomic mass is 9.39. The van der Waals surface area contributed by atoms with Gasteiger partial charge in [-0.3, -0.25) is 4.79 Å². The summed E-state index contributed by atoms with van der Waals surface area (Å²) in [4.78, 5) is 13.2. The number of rotatable bonds is 4. The number of carbonyl (C=O) groups excluding carboxylic acids is 1. The van der Waals surface area contributed by atoms with Crippen molar-refractivity contribution in [2.24, 2.45) is 39.4 Å². The third-order valence-electron chi connectivity index (χ3n) is 10.9. The Labute approximate surface area is 211 Å². The molecule has 5 heteroatoms. The number of ketones is 1. The van der Waals surface area contributed by atoms with Gasteiger partial charge in [-0.25, -0.2) is 0 Å². The maximum Gasteiger partial charge on any atom is 0.187 e. The predicted molar refractivity (Wildman–Crippen MR) is 138 cm³/mol. The molecule has 0 radical (unpaired) electrons. The maximum atomic E-state index is 13.2. The van der Waals surface area contributed by atoms with Crippen molar-refractivity contribution in [1.82, 2.24) is 0 Å². The normalized spacial score (nSPS) is 44.5. The molecule has 4 N–H and O–H groups in total. The van der Waals surface area contributed by atoms with Crippen LogP contribution in [0.4, 0.5) is 0 Å². The molecule has 0 saturated heterocycles. The third-order valence-corrected chi connectivity index (χ3v) is 10.9. The largest absolute Gasteiger partial charge is 0.513 e. The Morgan fingerprint density at radius 2 is 1.69 bits per heavy atom. The standard InChI is InChI=1S/C30H46O5/c1-25(2)16-18(31)15-20-19(25)9-10-22-27(20,5)13-14-28(6)24(21(32)17-29(22,28)7)30(8,35)23(33)11-12-26(3,4)34/h9,11-12,16,20-22,24,31-32,34-35H,10,13-15,17H2,1-8H3/b12-11+/t20-,21+,22-,24-,27-,28+,29-,30-/m0/s1. The lowest BCUT2D eigenvalue weighted by molar-refractivity contribution is -0.172. The molecule has 0 spiro atoms. The number of hydrogen-bond acceptors (Lipinski definition) is 5. The molecule has 0 aliphatic heterocycles. The van der Waals surface area contributed by atoms with E-state index < -0.39 is 34.4 Å². The van der Waals surface area contributed by atoms with Crippen molar-refractivity contribution >= 4 is 5.78 Å². The molecule has 0 aromatic heterocycles. The van der Waals surface area contributed by atoms with Gasteiger partial charge < -0.3 is 20.4 Å². The zero-order valence-electron chi connectivity index (χ0n) is 22.9. The zero-order valence-corrected chi connectivity index (χ0v) is 22.9. The fraction of sp³-hybridized carbons (Fsp3) is 0.767. The minimum atomic E-state index is -1.75. The summed E-state index contributed by atoms with van der Waals surface area (Å²) in [6.45, 7) is 15.8. The van der Waals surface area contributed by atoms with Crippen LogP contribution in [0.2, 0.25) is 0 Å². The van der Waals surface area contributed by atoms with Gasteiger partial charge in [0.1, 0.15) is 5.60 Å². The van der Waals surface area contributed by atoms with E-state index in [1.807, 2.05) is 6.08 Å². The first kappa shape index (κ1) is 26.6. The van der Waals surface area contributed by atoms with Gasteiger partial charge in [-0.2, -0.15) is 0 Å². The highest BCUT2D eigenvalue weighted by atomic mass is 16.3. The quantitative estimate of drug-likeness (QED) is 0.321. The predicted octanol–water partition coefficient (Wildman–Crippen LogP) is 5.26. The second-order valence-electron chi connectivity index (χ2n) is 14.2. The van der Waals surface area contributed by atoms with Crippen molar-refractivity contribution in [3.63, 3.8) is 0 Å². The van der Waals surface area contributed by atoms with Crippen molar-refractivity contribution in [1.29, 1.82) is 0 Å². The molecule has 8 atom stereocenters. The van der Waals surface area contributed by atoms with E-state index in [4.69, 9.17) is 0 Å².